The van der Waals surface area contributed by atoms with Crippen LogP contribution in [0, 0.1) is 34.5 Å². The second-order valence-corrected chi connectivity index (χ2v) is 11.1. The lowest BCUT2D eigenvalue weighted by Crippen LogP contribution is -2.57. The summed E-state index contributed by atoms with van der Waals surface area (Å²) in [5.74, 6) is 0.965. The summed E-state index contributed by atoms with van der Waals surface area (Å²) >= 11 is 0. The van der Waals surface area contributed by atoms with Crippen molar-refractivity contribution < 1.29 is 19.1 Å². The highest BCUT2D eigenvalue weighted by Crippen LogP contribution is 2.63. The molecule has 2 aromatic rings. The first-order chi connectivity index (χ1) is 16.1. The Bertz CT molecular complexity index is 1040. The predicted octanol–water partition coefficient (Wildman–Crippen LogP) is 6.27. The number of nitrogens with zero attached hydrogens (tertiary/aromatic N) is 1. The minimum absolute atomic E-state index is 0.0533. The maximum absolute atomic E-state index is 14.3. The molecule has 0 saturated heterocycles. The Morgan fingerprint density at radius 2 is 1.65 bits per heavy atom. The van der Waals surface area contributed by atoms with E-state index in [1.165, 1.54) is 0 Å². The van der Waals surface area contributed by atoms with Crippen LogP contribution in [-0.4, -0.2) is 30.8 Å². The van der Waals surface area contributed by atoms with Crippen molar-refractivity contribution in [3.05, 3.63) is 53.9 Å². The zero-order chi connectivity index (χ0) is 24.7. The number of aromatic nitrogens is 1. The summed E-state index contributed by atoms with van der Waals surface area (Å²) in [6, 6.07) is 10.8. The molecule has 34 heavy (non-hydrogen) atoms. The number of hydrogen-bond acceptors (Lipinski definition) is 5. The molecule has 5 nitrogen and oxygen atoms in total. The standard InChI is InChI=1S/C29H37NO4/c1-18-22(27(32)23-10-7-8-13-30-23)17-24-28(2,3)11-9-12-29(24,4)25(18)26(31)19-14-20(33-5)16-21(15-19)34-6/h7-8,10,13-16,18,22,24-25H,9,11-12,17H2,1-6H3/t18-,22?,24+,25-,29+/m1/s1. The normalized spacial score (nSPS) is 30.2. The summed E-state index contributed by atoms with van der Waals surface area (Å²) in [4.78, 5) is 32.3. The SMILES string of the molecule is COc1cc(OC)cc(C(=O)[C@H]2[C@H](C)C(C(=O)c3ccccn3)C[C@H]3C(C)(C)CCC[C@]23C)c1. The fourth-order valence-electron chi connectivity index (χ4n) is 7.14. The van der Waals surface area contributed by atoms with Crippen molar-refractivity contribution in [2.45, 2.75) is 53.4 Å². The smallest absolute Gasteiger partial charge is 0.184 e. The van der Waals surface area contributed by atoms with Gasteiger partial charge >= 0.3 is 0 Å². The summed E-state index contributed by atoms with van der Waals surface area (Å²) in [7, 11) is 3.18. The van der Waals surface area contributed by atoms with Crippen LogP contribution >= 0.6 is 0 Å². The van der Waals surface area contributed by atoms with Crippen LogP contribution in [0.3, 0.4) is 0 Å². The zero-order valence-corrected chi connectivity index (χ0v) is 21.3. The molecule has 2 fully saturated rings. The lowest BCUT2D eigenvalue weighted by atomic mass is 9.43. The van der Waals surface area contributed by atoms with Crippen molar-refractivity contribution in [2.75, 3.05) is 14.2 Å². The Morgan fingerprint density at radius 1 is 0.971 bits per heavy atom. The third-order valence-corrected chi connectivity index (χ3v) is 8.81. The van der Waals surface area contributed by atoms with Crippen LogP contribution in [0.5, 0.6) is 11.5 Å². The number of fused-ring (bicyclic) bond motifs is 1. The molecule has 2 aliphatic rings. The average Bonchev–Trinajstić information content (AvgIpc) is 2.82. The number of carbonyl (C=O) groups is 2. The highest BCUT2D eigenvalue weighted by molar-refractivity contribution is 6.01. The van der Waals surface area contributed by atoms with Gasteiger partial charge in [-0.3, -0.25) is 14.6 Å². The van der Waals surface area contributed by atoms with Gasteiger partial charge in [0.2, 0.25) is 0 Å². The minimum atomic E-state index is -0.278. The monoisotopic (exact) mass is 463 g/mol. The summed E-state index contributed by atoms with van der Waals surface area (Å²) in [5, 5.41) is 0. The molecule has 0 radical (unpaired) electrons. The quantitative estimate of drug-likeness (QED) is 0.473. The number of carbonyl (C=O) groups excluding carboxylic acids is 2. The second-order valence-electron chi connectivity index (χ2n) is 11.1. The predicted molar refractivity (Wildman–Crippen MR) is 132 cm³/mol. The molecule has 4 rings (SSSR count). The van der Waals surface area contributed by atoms with Gasteiger partial charge < -0.3 is 9.47 Å². The van der Waals surface area contributed by atoms with Crippen LogP contribution < -0.4 is 9.47 Å². The van der Waals surface area contributed by atoms with Crippen molar-refractivity contribution in [3.8, 4) is 11.5 Å². The van der Waals surface area contributed by atoms with Gasteiger partial charge in [-0.2, -0.15) is 0 Å². The van der Waals surface area contributed by atoms with E-state index >= 15 is 0 Å². The maximum Gasteiger partial charge on any atom is 0.184 e. The minimum Gasteiger partial charge on any atom is -0.497 e. The van der Waals surface area contributed by atoms with Gasteiger partial charge in [0.25, 0.3) is 0 Å². The lowest BCUT2D eigenvalue weighted by Gasteiger charge is -2.60. The molecular formula is C29H37NO4. The summed E-state index contributed by atoms with van der Waals surface area (Å²) < 4.78 is 10.9. The van der Waals surface area contributed by atoms with E-state index in [0.29, 0.717) is 22.8 Å². The van der Waals surface area contributed by atoms with E-state index in [9.17, 15) is 9.59 Å². The molecule has 1 aromatic carbocycles. The highest BCUT2D eigenvalue weighted by atomic mass is 16.5. The number of pyridine rings is 1. The Hall–Kier alpha value is -2.69. The lowest BCUT2D eigenvalue weighted by molar-refractivity contribution is -0.0944. The molecule has 182 valence electrons. The first kappa shape index (κ1) is 24.4. The van der Waals surface area contributed by atoms with Crippen LogP contribution in [0.2, 0.25) is 0 Å². The summed E-state index contributed by atoms with van der Waals surface area (Å²) in [5.41, 5.74) is 0.948. The Labute approximate surface area is 203 Å². The molecule has 0 bridgehead atoms. The van der Waals surface area contributed by atoms with Crippen molar-refractivity contribution in [2.24, 2.45) is 34.5 Å². The number of hydrogen-bond donors (Lipinski definition) is 0. The van der Waals surface area contributed by atoms with Gasteiger partial charge in [-0.1, -0.05) is 40.2 Å². The molecule has 0 N–H and O–H groups in total. The Balaban J connectivity index is 1.81. The molecule has 2 aliphatic carbocycles. The molecular weight excluding hydrogens is 426 g/mol. The molecule has 1 unspecified atom stereocenters. The number of benzene rings is 1. The molecule has 5 heteroatoms. The Kier molecular flexibility index (Phi) is 6.58. The van der Waals surface area contributed by atoms with E-state index in [1.807, 2.05) is 12.1 Å². The second kappa shape index (κ2) is 9.16. The molecule has 0 aliphatic heterocycles. The third kappa shape index (κ3) is 4.14. The van der Waals surface area contributed by atoms with E-state index in [1.54, 1.807) is 44.7 Å². The average molecular weight is 464 g/mol. The number of Topliss-reactive ketones (excluding diaryl/α,β-unsaturated/α-hetero) is 2. The van der Waals surface area contributed by atoms with Crippen LogP contribution in [0.4, 0.5) is 0 Å². The number of ketones is 2. The van der Waals surface area contributed by atoms with Gasteiger partial charge in [0.15, 0.2) is 11.6 Å². The topological polar surface area (TPSA) is 65.5 Å². The molecule has 0 amide bonds. The van der Waals surface area contributed by atoms with Crippen molar-refractivity contribution in [1.29, 1.82) is 0 Å². The van der Waals surface area contributed by atoms with Gasteiger partial charge in [-0.25, -0.2) is 0 Å². The van der Waals surface area contributed by atoms with E-state index in [0.717, 1.165) is 25.7 Å². The fourth-order valence-corrected chi connectivity index (χ4v) is 7.14. The first-order valence-corrected chi connectivity index (χ1v) is 12.3. The van der Waals surface area contributed by atoms with E-state index < -0.39 is 0 Å². The summed E-state index contributed by atoms with van der Waals surface area (Å²) in [6.45, 7) is 9.00. The Morgan fingerprint density at radius 3 is 2.24 bits per heavy atom. The van der Waals surface area contributed by atoms with E-state index in [-0.39, 0.29) is 46.1 Å². The fraction of sp³-hybridized carbons (Fsp3) is 0.552. The maximum atomic E-state index is 14.3. The van der Waals surface area contributed by atoms with Crippen LogP contribution in [0.1, 0.15) is 74.2 Å². The third-order valence-electron chi connectivity index (χ3n) is 8.81. The van der Waals surface area contributed by atoms with Crippen LogP contribution in [-0.2, 0) is 0 Å². The highest BCUT2D eigenvalue weighted by Gasteiger charge is 2.59. The first-order valence-electron chi connectivity index (χ1n) is 12.3. The molecule has 1 aromatic heterocycles. The van der Waals surface area contributed by atoms with Gasteiger partial charge in [-0.05, 0) is 66.2 Å². The van der Waals surface area contributed by atoms with Crippen LogP contribution in [0.15, 0.2) is 42.6 Å². The van der Waals surface area contributed by atoms with Gasteiger partial charge in [0.1, 0.15) is 17.2 Å². The van der Waals surface area contributed by atoms with Crippen molar-refractivity contribution >= 4 is 11.6 Å². The number of methoxy groups -OCH3 is 2. The number of rotatable bonds is 6. The molecule has 1 heterocycles. The molecule has 0 spiro atoms. The molecule has 5 atom stereocenters. The van der Waals surface area contributed by atoms with E-state index in [2.05, 4.69) is 32.7 Å². The van der Waals surface area contributed by atoms with Gasteiger partial charge in [0, 0.05) is 29.7 Å². The largest absolute Gasteiger partial charge is 0.497 e. The van der Waals surface area contributed by atoms with Crippen molar-refractivity contribution in [1.82, 2.24) is 4.98 Å². The molecule has 2 saturated carbocycles. The summed E-state index contributed by atoms with van der Waals surface area (Å²) in [6.07, 6.45) is 5.66. The van der Waals surface area contributed by atoms with Gasteiger partial charge in [-0.15, -0.1) is 0 Å². The zero-order valence-electron chi connectivity index (χ0n) is 21.3. The van der Waals surface area contributed by atoms with E-state index in [4.69, 9.17) is 9.47 Å². The van der Waals surface area contributed by atoms with Crippen molar-refractivity contribution in [3.63, 3.8) is 0 Å². The van der Waals surface area contributed by atoms with Gasteiger partial charge in [0.05, 0.1) is 14.2 Å². The number of ether oxygens (including phenoxy) is 2. The van der Waals surface area contributed by atoms with Crippen LogP contribution in [0.25, 0.3) is 0 Å².